The molecule has 0 saturated heterocycles. The van der Waals surface area contributed by atoms with E-state index in [0.29, 0.717) is 18.6 Å². The van der Waals surface area contributed by atoms with Gasteiger partial charge in [-0.2, -0.15) is 0 Å². The third kappa shape index (κ3) is 2.07. The fourth-order valence-corrected chi connectivity index (χ4v) is 3.83. The van der Waals surface area contributed by atoms with Gasteiger partial charge in [-0.15, -0.1) is 0 Å². The highest BCUT2D eigenvalue weighted by atomic mass is 35.5. The fraction of sp³-hybridized carbons (Fsp3) is 0.600. The standard InChI is InChI=1S/C15H21ClN2/c16-14-8-4-7-12-13(14)10-18(15(12)9-17)11-5-2-1-3-6-11/h4,7-8,11,15H,1-3,5-6,9-10,17H2. The Hall–Kier alpha value is -0.570. The summed E-state index contributed by atoms with van der Waals surface area (Å²) in [7, 11) is 0. The van der Waals surface area contributed by atoms with Crippen LogP contribution >= 0.6 is 11.6 Å². The van der Waals surface area contributed by atoms with Gasteiger partial charge in [0.2, 0.25) is 0 Å². The van der Waals surface area contributed by atoms with Gasteiger partial charge < -0.3 is 5.73 Å². The van der Waals surface area contributed by atoms with Gasteiger partial charge in [-0.25, -0.2) is 0 Å². The molecule has 1 aliphatic heterocycles. The van der Waals surface area contributed by atoms with Crippen molar-refractivity contribution in [3.63, 3.8) is 0 Å². The van der Waals surface area contributed by atoms with Crippen molar-refractivity contribution in [3.05, 3.63) is 34.3 Å². The highest BCUT2D eigenvalue weighted by molar-refractivity contribution is 6.31. The van der Waals surface area contributed by atoms with Crippen LogP contribution in [0.4, 0.5) is 0 Å². The first-order valence-corrected chi connectivity index (χ1v) is 7.42. The van der Waals surface area contributed by atoms with Crippen LogP contribution in [0.15, 0.2) is 18.2 Å². The number of hydrogen-bond acceptors (Lipinski definition) is 2. The lowest BCUT2D eigenvalue weighted by molar-refractivity contribution is 0.117. The molecule has 1 aliphatic carbocycles. The number of fused-ring (bicyclic) bond motifs is 1. The van der Waals surface area contributed by atoms with Crippen LogP contribution in [-0.4, -0.2) is 17.5 Å². The van der Waals surface area contributed by atoms with Gasteiger partial charge in [0.15, 0.2) is 0 Å². The summed E-state index contributed by atoms with van der Waals surface area (Å²) in [6.07, 6.45) is 6.76. The Bertz CT molecular complexity index is 427. The molecule has 1 aromatic carbocycles. The molecule has 0 amide bonds. The first-order valence-electron chi connectivity index (χ1n) is 7.04. The molecule has 1 unspecified atom stereocenters. The Labute approximate surface area is 114 Å². The largest absolute Gasteiger partial charge is 0.329 e. The second-order valence-corrected chi connectivity index (χ2v) is 5.93. The van der Waals surface area contributed by atoms with Crippen LogP contribution in [0.1, 0.15) is 49.3 Å². The summed E-state index contributed by atoms with van der Waals surface area (Å²) >= 11 is 6.33. The lowest BCUT2D eigenvalue weighted by Crippen LogP contribution is -2.38. The fourth-order valence-electron chi connectivity index (χ4n) is 3.58. The molecule has 3 heteroatoms. The zero-order chi connectivity index (χ0) is 12.5. The Morgan fingerprint density at radius 2 is 2.00 bits per heavy atom. The summed E-state index contributed by atoms with van der Waals surface area (Å²) in [6, 6.07) is 7.33. The van der Waals surface area contributed by atoms with Crippen molar-refractivity contribution >= 4 is 11.6 Å². The van der Waals surface area contributed by atoms with E-state index >= 15 is 0 Å². The smallest absolute Gasteiger partial charge is 0.0480 e. The molecular weight excluding hydrogens is 244 g/mol. The molecular formula is C15H21ClN2. The average molecular weight is 265 g/mol. The van der Waals surface area contributed by atoms with Crippen LogP contribution in [0, 0.1) is 0 Å². The number of halogens is 1. The number of rotatable bonds is 2. The lowest BCUT2D eigenvalue weighted by Gasteiger charge is -2.35. The minimum absolute atomic E-state index is 0.377. The molecule has 0 radical (unpaired) electrons. The monoisotopic (exact) mass is 264 g/mol. The van der Waals surface area contributed by atoms with E-state index < -0.39 is 0 Å². The molecule has 2 aliphatic rings. The van der Waals surface area contributed by atoms with Crippen LogP contribution in [0.5, 0.6) is 0 Å². The Balaban J connectivity index is 1.88. The molecule has 0 aromatic heterocycles. The van der Waals surface area contributed by atoms with Crippen molar-refractivity contribution in [3.8, 4) is 0 Å². The molecule has 2 nitrogen and oxygen atoms in total. The van der Waals surface area contributed by atoms with Crippen molar-refractivity contribution in [1.82, 2.24) is 4.90 Å². The van der Waals surface area contributed by atoms with Crippen molar-refractivity contribution in [2.45, 2.75) is 50.7 Å². The number of nitrogens with zero attached hydrogens (tertiary/aromatic N) is 1. The Morgan fingerprint density at radius 1 is 1.22 bits per heavy atom. The molecule has 0 bridgehead atoms. The summed E-state index contributed by atoms with van der Waals surface area (Å²) in [5, 5.41) is 0.907. The lowest BCUT2D eigenvalue weighted by atomic mass is 9.93. The van der Waals surface area contributed by atoms with Crippen molar-refractivity contribution in [2.24, 2.45) is 5.73 Å². The summed E-state index contributed by atoms with van der Waals surface area (Å²) in [5.41, 5.74) is 8.67. The van der Waals surface area contributed by atoms with Gasteiger partial charge >= 0.3 is 0 Å². The molecule has 1 saturated carbocycles. The summed E-state index contributed by atoms with van der Waals surface area (Å²) in [4.78, 5) is 2.59. The maximum Gasteiger partial charge on any atom is 0.0480 e. The SMILES string of the molecule is NCC1c2cccc(Cl)c2CN1C1CCCCC1. The second kappa shape index (κ2) is 5.20. The zero-order valence-corrected chi connectivity index (χ0v) is 11.5. The maximum atomic E-state index is 6.33. The highest BCUT2D eigenvalue weighted by Gasteiger charge is 2.35. The van der Waals surface area contributed by atoms with E-state index in [1.165, 1.54) is 43.2 Å². The van der Waals surface area contributed by atoms with Crippen molar-refractivity contribution in [2.75, 3.05) is 6.54 Å². The van der Waals surface area contributed by atoms with Gasteiger partial charge in [-0.05, 0) is 30.0 Å². The van der Waals surface area contributed by atoms with E-state index in [1.807, 2.05) is 12.1 Å². The summed E-state index contributed by atoms with van der Waals surface area (Å²) in [5.74, 6) is 0. The quantitative estimate of drug-likeness (QED) is 0.886. The van der Waals surface area contributed by atoms with Gasteiger partial charge in [0.1, 0.15) is 0 Å². The first-order chi connectivity index (χ1) is 8.81. The zero-order valence-electron chi connectivity index (χ0n) is 10.7. The third-order valence-electron chi connectivity index (χ3n) is 4.52. The van der Waals surface area contributed by atoms with Gasteiger partial charge in [-0.1, -0.05) is 43.0 Å². The first kappa shape index (κ1) is 12.5. The molecule has 0 spiro atoms. The molecule has 1 aromatic rings. The Kier molecular flexibility index (Phi) is 3.60. The molecule has 1 atom stereocenters. The number of benzene rings is 1. The third-order valence-corrected chi connectivity index (χ3v) is 4.88. The molecule has 2 N–H and O–H groups in total. The van der Waals surface area contributed by atoms with E-state index in [-0.39, 0.29) is 0 Å². The van der Waals surface area contributed by atoms with E-state index in [2.05, 4.69) is 11.0 Å². The number of hydrogen-bond donors (Lipinski definition) is 1. The Morgan fingerprint density at radius 3 is 2.72 bits per heavy atom. The van der Waals surface area contributed by atoms with E-state index in [1.54, 1.807) is 0 Å². The summed E-state index contributed by atoms with van der Waals surface area (Å²) < 4.78 is 0. The van der Waals surface area contributed by atoms with Crippen LogP contribution in [0.3, 0.4) is 0 Å². The normalized spacial score (nSPS) is 25.3. The summed E-state index contributed by atoms with van der Waals surface area (Å²) in [6.45, 7) is 1.69. The second-order valence-electron chi connectivity index (χ2n) is 5.52. The minimum Gasteiger partial charge on any atom is -0.329 e. The molecule has 1 fully saturated rings. The maximum absolute atomic E-state index is 6.33. The van der Waals surface area contributed by atoms with Crippen LogP contribution in [0.2, 0.25) is 5.02 Å². The molecule has 98 valence electrons. The average Bonchev–Trinajstić information content (AvgIpc) is 2.80. The van der Waals surface area contributed by atoms with Gasteiger partial charge in [-0.3, -0.25) is 4.90 Å². The van der Waals surface area contributed by atoms with Gasteiger partial charge in [0.25, 0.3) is 0 Å². The van der Waals surface area contributed by atoms with Crippen molar-refractivity contribution < 1.29 is 0 Å². The minimum atomic E-state index is 0.377. The molecule has 3 rings (SSSR count). The molecule has 1 heterocycles. The van der Waals surface area contributed by atoms with E-state index in [9.17, 15) is 0 Å². The van der Waals surface area contributed by atoms with Gasteiger partial charge in [0, 0.05) is 30.2 Å². The van der Waals surface area contributed by atoms with Crippen molar-refractivity contribution in [1.29, 1.82) is 0 Å². The predicted octanol–water partition coefficient (Wildman–Crippen LogP) is 3.49. The number of nitrogens with two attached hydrogens (primary N) is 1. The van der Waals surface area contributed by atoms with Crippen LogP contribution in [0.25, 0.3) is 0 Å². The van der Waals surface area contributed by atoms with E-state index in [0.717, 1.165) is 11.6 Å². The topological polar surface area (TPSA) is 29.3 Å². The van der Waals surface area contributed by atoms with Crippen LogP contribution < -0.4 is 5.73 Å². The molecule has 18 heavy (non-hydrogen) atoms. The van der Waals surface area contributed by atoms with Gasteiger partial charge in [0.05, 0.1) is 0 Å². The van der Waals surface area contributed by atoms with Crippen LogP contribution in [-0.2, 0) is 6.54 Å². The highest BCUT2D eigenvalue weighted by Crippen LogP contribution is 2.40. The van der Waals surface area contributed by atoms with E-state index in [4.69, 9.17) is 17.3 Å². The predicted molar refractivity (Wildman–Crippen MR) is 75.7 cm³/mol.